The van der Waals surface area contributed by atoms with Gasteiger partial charge in [-0.25, -0.2) is 0 Å². The van der Waals surface area contributed by atoms with Crippen LogP contribution in [0.1, 0.15) is 65.7 Å². The van der Waals surface area contributed by atoms with Gasteiger partial charge < -0.3 is 15.2 Å². The summed E-state index contributed by atoms with van der Waals surface area (Å²) in [6.45, 7) is 7.93. The fourth-order valence-corrected chi connectivity index (χ4v) is 2.68. The normalized spacial score (nSPS) is 17.9. The summed E-state index contributed by atoms with van der Waals surface area (Å²) >= 11 is 0. The van der Waals surface area contributed by atoms with E-state index in [4.69, 9.17) is 15.2 Å². The topological polar surface area (TPSA) is 44.5 Å². The molecule has 1 aliphatic rings. The van der Waals surface area contributed by atoms with E-state index >= 15 is 0 Å². The fourth-order valence-electron chi connectivity index (χ4n) is 2.68. The molecule has 0 saturated heterocycles. The Bertz CT molecular complexity index is 332. The molecule has 0 amide bonds. The second kappa shape index (κ2) is 10.9. The number of ether oxygens (including phenoxy) is 2. The van der Waals surface area contributed by atoms with Crippen molar-refractivity contribution in [3.05, 3.63) is 23.5 Å². The molecular weight excluding hydrogens is 262 g/mol. The fraction of sp³-hybridized carbons (Fsp3) is 0.778. The van der Waals surface area contributed by atoms with Crippen molar-refractivity contribution in [2.75, 3.05) is 13.2 Å². The van der Waals surface area contributed by atoms with E-state index in [1.165, 1.54) is 24.8 Å². The summed E-state index contributed by atoms with van der Waals surface area (Å²) in [5, 5.41) is 0. The molecule has 0 aromatic carbocycles. The highest BCUT2D eigenvalue weighted by atomic mass is 16.7. The molecule has 2 atom stereocenters. The Morgan fingerprint density at radius 1 is 1.14 bits per heavy atom. The Hall–Kier alpha value is -0.800. The highest BCUT2D eigenvalue weighted by molar-refractivity contribution is 5.23. The number of rotatable bonds is 11. The maximum Gasteiger partial charge on any atom is 0.196 e. The average molecular weight is 295 g/mol. The summed E-state index contributed by atoms with van der Waals surface area (Å²) in [7, 11) is 0. The second-order valence-electron chi connectivity index (χ2n) is 5.83. The minimum atomic E-state index is -0.149. The van der Waals surface area contributed by atoms with E-state index in [0.29, 0.717) is 5.92 Å². The first kappa shape index (κ1) is 18.2. The Labute approximate surface area is 130 Å². The van der Waals surface area contributed by atoms with Crippen molar-refractivity contribution < 1.29 is 9.47 Å². The van der Waals surface area contributed by atoms with Gasteiger partial charge in [-0.15, -0.1) is 0 Å². The first-order valence-electron chi connectivity index (χ1n) is 8.59. The molecule has 0 fully saturated rings. The van der Waals surface area contributed by atoms with Crippen LogP contribution < -0.4 is 5.73 Å². The van der Waals surface area contributed by atoms with Gasteiger partial charge in [-0.2, -0.15) is 0 Å². The number of hydrogen-bond donors (Lipinski definition) is 1. The van der Waals surface area contributed by atoms with Gasteiger partial charge in [0.1, 0.15) is 0 Å². The monoisotopic (exact) mass is 295 g/mol. The van der Waals surface area contributed by atoms with Crippen molar-refractivity contribution in [1.29, 1.82) is 0 Å². The molecule has 0 bridgehead atoms. The minimum Gasteiger partial charge on any atom is -0.470 e. The predicted octanol–water partition coefficient (Wildman–Crippen LogP) is 4.53. The van der Waals surface area contributed by atoms with E-state index in [9.17, 15) is 0 Å². The summed E-state index contributed by atoms with van der Waals surface area (Å²) in [4.78, 5) is 0. The molecule has 1 rings (SSSR count). The Morgan fingerprint density at radius 2 is 1.95 bits per heavy atom. The van der Waals surface area contributed by atoms with Crippen LogP contribution in [0, 0.1) is 5.92 Å². The van der Waals surface area contributed by atoms with Gasteiger partial charge >= 0.3 is 0 Å². The first-order chi connectivity index (χ1) is 10.2. The van der Waals surface area contributed by atoms with Crippen LogP contribution in [-0.4, -0.2) is 19.4 Å². The summed E-state index contributed by atoms with van der Waals surface area (Å²) < 4.78 is 11.6. The quantitative estimate of drug-likeness (QED) is 0.450. The maximum absolute atomic E-state index is 5.86. The molecule has 0 aromatic heterocycles. The lowest BCUT2D eigenvalue weighted by molar-refractivity contribution is -0.106. The van der Waals surface area contributed by atoms with Crippen molar-refractivity contribution in [2.24, 2.45) is 11.7 Å². The Kier molecular flexibility index (Phi) is 9.44. The smallest absolute Gasteiger partial charge is 0.196 e. The van der Waals surface area contributed by atoms with Gasteiger partial charge in [-0.05, 0) is 44.7 Å². The molecule has 0 aromatic rings. The minimum absolute atomic E-state index is 0.149. The zero-order valence-electron chi connectivity index (χ0n) is 14.1. The van der Waals surface area contributed by atoms with Crippen LogP contribution in [-0.2, 0) is 9.47 Å². The molecule has 3 heteroatoms. The lowest BCUT2D eigenvalue weighted by Gasteiger charge is -2.23. The molecule has 2 N–H and O–H groups in total. The molecule has 3 nitrogen and oxygen atoms in total. The number of nitrogens with two attached hydrogens (primary N) is 1. The first-order valence-corrected chi connectivity index (χ1v) is 8.59. The van der Waals surface area contributed by atoms with Gasteiger partial charge in [-0.1, -0.05) is 44.8 Å². The molecule has 0 heterocycles. The SMILES string of the molecule is CCCCCCOC(C)OC1=CC=C(C(CC)CN)CC1. The largest absolute Gasteiger partial charge is 0.470 e. The third-order valence-electron chi connectivity index (χ3n) is 4.11. The second-order valence-corrected chi connectivity index (χ2v) is 5.83. The molecule has 122 valence electrons. The molecule has 0 radical (unpaired) electrons. The predicted molar refractivity (Wildman–Crippen MR) is 88.9 cm³/mol. The van der Waals surface area contributed by atoms with Crippen molar-refractivity contribution in [1.82, 2.24) is 0 Å². The van der Waals surface area contributed by atoms with Crippen LogP contribution in [0.4, 0.5) is 0 Å². The van der Waals surface area contributed by atoms with Gasteiger partial charge in [0.15, 0.2) is 6.29 Å². The van der Waals surface area contributed by atoms with Crippen LogP contribution >= 0.6 is 0 Å². The molecule has 0 saturated carbocycles. The van der Waals surface area contributed by atoms with E-state index in [1.807, 2.05) is 6.92 Å². The summed E-state index contributed by atoms with van der Waals surface area (Å²) in [5.41, 5.74) is 7.27. The third-order valence-corrected chi connectivity index (χ3v) is 4.11. The molecular formula is C18H33NO2. The van der Waals surface area contributed by atoms with Crippen LogP contribution in [0.5, 0.6) is 0 Å². The van der Waals surface area contributed by atoms with Gasteiger partial charge in [0, 0.05) is 6.42 Å². The Balaban J connectivity index is 2.29. The van der Waals surface area contributed by atoms with Gasteiger partial charge in [0.25, 0.3) is 0 Å². The molecule has 2 unspecified atom stereocenters. The zero-order chi connectivity index (χ0) is 15.5. The van der Waals surface area contributed by atoms with Gasteiger partial charge in [0.2, 0.25) is 0 Å². The average Bonchev–Trinajstić information content (AvgIpc) is 2.50. The van der Waals surface area contributed by atoms with Crippen LogP contribution in [0.25, 0.3) is 0 Å². The van der Waals surface area contributed by atoms with Crippen molar-refractivity contribution in [2.45, 2.75) is 72.0 Å². The lowest BCUT2D eigenvalue weighted by atomic mass is 9.89. The molecule has 0 spiro atoms. The summed E-state index contributed by atoms with van der Waals surface area (Å²) in [6, 6.07) is 0. The highest BCUT2D eigenvalue weighted by Crippen LogP contribution is 2.27. The number of allylic oxidation sites excluding steroid dienone is 3. The van der Waals surface area contributed by atoms with E-state index in [1.54, 1.807) is 0 Å². The molecule has 1 aliphatic carbocycles. The van der Waals surface area contributed by atoms with Crippen LogP contribution in [0.15, 0.2) is 23.5 Å². The van der Waals surface area contributed by atoms with Gasteiger partial charge in [-0.3, -0.25) is 0 Å². The molecule has 0 aliphatic heterocycles. The lowest BCUT2D eigenvalue weighted by Crippen LogP contribution is -2.18. The van der Waals surface area contributed by atoms with Crippen LogP contribution in [0.2, 0.25) is 0 Å². The number of hydrogen-bond acceptors (Lipinski definition) is 3. The highest BCUT2D eigenvalue weighted by Gasteiger charge is 2.15. The van der Waals surface area contributed by atoms with E-state index in [2.05, 4.69) is 26.0 Å². The van der Waals surface area contributed by atoms with Crippen LogP contribution in [0.3, 0.4) is 0 Å². The van der Waals surface area contributed by atoms with Gasteiger partial charge in [0.05, 0.1) is 12.4 Å². The summed E-state index contributed by atoms with van der Waals surface area (Å²) in [5.74, 6) is 1.56. The van der Waals surface area contributed by atoms with Crippen molar-refractivity contribution in [3.8, 4) is 0 Å². The Morgan fingerprint density at radius 3 is 2.52 bits per heavy atom. The maximum atomic E-state index is 5.86. The third kappa shape index (κ3) is 7.14. The van der Waals surface area contributed by atoms with E-state index < -0.39 is 0 Å². The van der Waals surface area contributed by atoms with E-state index in [0.717, 1.165) is 44.6 Å². The zero-order valence-corrected chi connectivity index (χ0v) is 14.1. The van der Waals surface area contributed by atoms with Crippen molar-refractivity contribution >= 4 is 0 Å². The van der Waals surface area contributed by atoms with Crippen molar-refractivity contribution in [3.63, 3.8) is 0 Å². The standard InChI is InChI=1S/C18H33NO2/c1-4-6-7-8-13-20-15(3)21-18-11-9-17(10-12-18)16(5-2)14-19/h9,11,15-16H,4-8,10,12-14,19H2,1-3H3. The van der Waals surface area contributed by atoms with E-state index in [-0.39, 0.29) is 6.29 Å². The number of unbranched alkanes of at least 4 members (excludes halogenated alkanes) is 3. The summed E-state index contributed by atoms with van der Waals surface area (Å²) in [6.07, 6.45) is 12.2. The molecule has 21 heavy (non-hydrogen) atoms.